The van der Waals surface area contributed by atoms with Crippen molar-refractivity contribution in [3.05, 3.63) is 18.6 Å². The van der Waals surface area contributed by atoms with E-state index in [2.05, 4.69) is 25.4 Å². The zero-order valence-electron chi connectivity index (χ0n) is 24.5. The van der Waals surface area contributed by atoms with Crippen molar-refractivity contribution in [1.82, 2.24) is 20.0 Å². The molecule has 224 valence electrons. The Morgan fingerprint density at radius 3 is 2.12 bits per heavy atom. The van der Waals surface area contributed by atoms with Gasteiger partial charge in [-0.05, 0) is 149 Å². The van der Waals surface area contributed by atoms with E-state index in [0.717, 1.165) is 64.8 Å². The van der Waals surface area contributed by atoms with Crippen LogP contribution in [0.25, 0.3) is 11.0 Å². The minimum absolute atomic E-state index is 0.259. The zero-order valence-corrected chi connectivity index (χ0v) is 25.3. The van der Waals surface area contributed by atoms with E-state index >= 15 is 0 Å². The summed E-state index contributed by atoms with van der Waals surface area (Å²) in [5.41, 5.74) is 10.1. The molecule has 0 amide bonds. The molecule has 8 nitrogen and oxygen atoms in total. The number of fused-ring (bicyclic) bond motifs is 1. The molecule has 5 N–H and O–H groups in total. The van der Waals surface area contributed by atoms with Crippen LogP contribution in [0.4, 0.5) is 5.82 Å². The molecule has 9 heteroatoms. The number of carbonyl (C=O) groups is 1. The van der Waals surface area contributed by atoms with Gasteiger partial charge in [-0.15, -0.1) is 0 Å². The monoisotopic (exact) mass is 580 g/mol. The Bertz CT molecular complexity index is 1160. The van der Waals surface area contributed by atoms with Crippen molar-refractivity contribution in [3.63, 3.8) is 0 Å². The number of nitrogens with two attached hydrogens (primary N) is 1. The van der Waals surface area contributed by atoms with E-state index in [4.69, 9.17) is 5.73 Å². The Kier molecular flexibility index (Phi) is 7.97. The van der Waals surface area contributed by atoms with Crippen LogP contribution in [0, 0.1) is 53.3 Å². The molecule has 1 atom stereocenters. The van der Waals surface area contributed by atoms with E-state index in [0.29, 0.717) is 24.1 Å². The van der Waals surface area contributed by atoms with Gasteiger partial charge in [0, 0.05) is 12.2 Å². The van der Waals surface area contributed by atoms with Gasteiger partial charge >= 0.3 is 5.97 Å². The molecule has 0 saturated heterocycles. The van der Waals surface area contributed by atoms with Crippen molar-refractivity contribution in [2.24, 2.45) is 59.0 Å². The number of nitrogens with zero attached hydrogens (tertiary/aromatic N) is 3. The Balaban J connectivity index is 0.000000190. The van der Waals surface area contributed by atoms with Crippen molar-refractivity contribution in [3.8, 4) is 0 Å². The standard InChI is InChI=1S/C21H29N5O2S.C11H19N/c1-29-5-3-17(21(27)28)26(25-20-16-2-4-22-19(16)23-11-24-20)18-14-7-12-6-13(9-14)10-15(18)8-12;12-6-11-9-2-7-1-8(4-9)5-10(11)3-7/h2,4,11-15,17-18H,3,5-10H2,1H3,(H,27,28)(H2,22,23,24,25);7-11H,1-6,12H2/t12?,13?,14?,15?,17-,18?;/m0./s1. The summed E-state index contributed by atoms with van der Waals surface area (Å²) in [6, 6.07) is 1.65. The summed E-state index contributed by atoms with van der Waals surface area (Å²) in [4.78, 5) is 24.2. The van der Waals surface area contributed by atoms with Crippen LogP contribution in [-0.4, -0.2) is 61.7 Å². The SMILES string of the molecule is CSCC[C@@H](C(=O)O)N(Nc1ncnc2[nH]ccc12)C1C2CC3CC(C2)CC1C3.NCC1C2CC3CC(C2)CC1C3. The summed E-state index contributed by atoms with van der Waals surface area (Å²) in [6.07, 6.45) is 20.1. The van der Waals surface area contributed by atoms with Gasteiger partial charge < -0.3 is 21.2 Å². The molecule has 0 aliphatic heterocycles. The maximum Gasteiger partial charge on any atom is 0.322 e. The van der Waals surface area contributed by atoms with E-state index in [9.17, 15) is 9.90 Å². The minimum atomic E-state index is -0.750. The molecule has 2 aromatic heterocycles. The summed E-state index contributed by atoms with van der Waals surface area (Å²) < 4.78 is 0. The first-order chi connectivity index (χ1) is 20.0. The molecule has 0 spiro atoms. The topological polar surface area (TPSA) is 120 Å². The molecule has 2 aromatic rings. The number of hydrogen-bond acceptors (Lipinski definition) is 7. The highest BCUT2D eigenvalue weighted by molar-refractivity contribution is 7.98. The molecule has 0 radical (unpaired) electrons. The van der Waals surface area contributed by atoms with Crippen LogP contribution in [-0.2, 0) is 4.79 Å². The van der Waals surface area contributed by atoms with Crippen LogP contribution in [0.3, 0.4) is 0 Å². The van der Waals surface area contributed by atoms with Gasteiger partial charge in [0.15, 0.2) is 5.82 Å². The van der Waals surface area contributed by atoms with E-state index in [1.54, 1.807) is 18.2 Å². The molecule has 8 bridgehead atoms. The quantitative estimate of drug-likeness (QED) is 0.282. The Hall–Kier alpha value is -1.84. The first-order valence-electron chi connectivity index (χ1n) is 16.3. The van der Waals surface area contributed by atoms with Gasteiger partial charge in [-0.3, -0.25) is 4.79 Å². The molecule has 8 saturated carbocycles. The molecule has 8 aliphatic carbocycles. The van der Waals surface area contributed by atoms with Gasteiger partial charge in [0.25, 0.3) is 0 Å². The third-order valence-electron chi connectivity index (χ3n) is 12.0. The van der Waals surface area contributed by atoms with Gasteiger partial charge in [-0.2, -0.15) is 11.8 Å². The lowest BCUT2D eigenvalue weighted by Crippen LogP contribution is -2.61. The number of aromatic nitrogens is 3. The molecule has 0 aromatic carbocycles. The van der Waals surface area contributed by atoms with E-state index in [1.807, 2.05) is 18.5 Å². The smallest absolute Gasteiger partial charge is 0.322 e. The highest BCUT2D eigenvalue weighted by Gasteiger charge is 2.52. The number of carboxylic acids is 1. The minimum Gasteiger partial charge on any atom is -0.480 e. The van der Waals surface area contributed by atoms with Crippen LogP contribution in [0.15, 0.2) is 18.6 Å². The fraction of sp³-hybridized carbons (Fsp3) is 0.781. The van der Waals surface area contributed by atoms with Gasteiger partial charge in [-0.1, -0.05) is 0 Å². The van der Waals surface area contributed by atoms with Gasteiger partial charge in [-0.25, -0.2) is 15.0 Å². The predicted molar refractivity (Wildman–Crippen MR) is 164 cm³/mol. The molecule has 10 rings (SSSR count). The van der Waals surface area contributed by atoms with Crippen molar-refractivity contribution < 1.29 is 9.90 Å². The molecule has 8 fully saturated rings. The number of hydrogen-bond donors (Lipinski definition) is 4. The molecule has 2 heterocycles. The number of hydrazine groups is 1. The predicted octanol–water partition coefficient (Wildman–Crippen LogP) is 5.64. The largest absolute Gasteiger partial charge is 0.480 e. The van der Waals surface area contributed by atoms with Crippen LogP contribution >= 0.6 is 11.8 Å². The van der Waals surface area contributed by atoms with Crippen LogP contribution in [0.1, 0.15) is 70.6 Å². The maximum absolute atomic E-state index is 12.4. The number of carboxylic acid groups (broad SMARTS) is 1. The summed E-state index contributed by atoms with van der Waals surface area (Å²) in [7, 11) is 0. The van der Waals surface area contributed by atoms with Crippen LogP contribution in [0.2, 0.25) is 0 Å². The third-order valence-corrected chi connectivity index (χ3v) is 12.6. The fourth-order valence-electron chi connectivity index (χ4n) is 10.8. The number of nitrogens with one attached hydrogen (secondary N) is 2. The molecule has 0 unspecified atom stereocenters. The van der Waals surface area contributed by atoms with Crippen molar-refractivity contribution in [2.75, 3.05) is 24.0 Å². The van der Waals surface area contributed by atoms with Gasteiger partial charge in [0.05, 0.1) is 5.39 Å². The van der Waals surface area contributed by atoms with E-state index in [-0.39, 0.29) is 6.04 Å². The lowest BCUT2D eigenvalue weighted by molar-refractivity contribution is -0.148. The number of aromatic amines is 1. The average Bonchev–Trinajstić information content (AvgIpc) is 3.42. The summed E-state index contributed by atoms with van der Waals surface area (Å²) >= 11 is 1.70. The van der Waals surface area contributed by atoms with Crippen molar-refractivity contribution >= 4 is 34.6 Å². The molecule has 41 heavy (non-hydrogen) atoms. The zero-order chi connectivity index (χ0) is 28.1. The Morgan fingerprint density at radius 1 is 1.00 bits per heavy atom. The molecule has 8 aliphatic rings. The highest BCUT2D eigenvalue weighted by Crippen LogP contribution is 2.57. The maximum atomic E-state index is 12.4. The summed E-state index contributed by atoms with van der Waals surface area (Å²) in [5.74, 6) is 8.82. The van der Waals surface area contributed by atoms with E-state index < -0.39 is 12.0 Å². The van der Waals surface area contributed by atoms with Crippen LogP contribution in [0.5, 0.6) is 0 Å². The second-order valence-electron chi connectivity index (χ2n) is 14.4. The first-order valence-corrected chi connectivity index (χ1v) is 17.6. The summed E-state index contributed by atoms with van der Waals surface area (Å²) in [6.45, 7) is 0.967. The average molecular weight is 581 g/mol. The lowest BCUT2D eigenvalue weighted by Gasteiger charge is -2.57. The third kappa shape index (κ3) is 5.40. The molecular weight excluding hydrogens is 532 g/mol. The Labute approximate surface area is 248 Å². The molecular formula is C32H48N6O2S. The van der Waals surface area contributed by atoms with E-state index in [1.165, 1.54) is 64.1 Å². The fourth-order valence-corrected chi connectivity index (χ4v) is 11.3. The second-order valence-corrected chi connectivity index (χ2v) is 15.4. The highest BCUT2D eigenvalue weighted by atomic mass is 32.2. The lowest BCUT2D eigenvalue weighted by atomic mass is 9.52. The number of H-pyrrole nitrogens is 1. The van der Waals surface area contributed by atoms with Gasteiger partial charge in [0.1, 0.15) is 18.0 Å². The first kappa shape index (κ1) is 28.0. The normalized spacial score (nSPS) is 38.7. The number of anilines is 1. The number of rotatable bonds is 9. The number of aliphatic carboxylic acids is 1. The van der Waals surface area contributed by atoms with Crippen LogP contribution < -0.4 is 11.2 Å². The number of thioether (sulfide) groups is 1. The van der Waals surface area contributed by atoms with Crippen molar-refractivity contribution in [2.45, 2.75) is 82.7 Å². The Morgan fingerprint density at radius 2 is 1.59 bits per heavy atom. The summed E-state index contributed by atoms with van der Waals surface area (Å²) in [5, 5.41) is 13.1. The second kappa shape index (κ2) is 11.7. The van der Waals surface area contributed by atoms with Crippen molar-refractivity contribution in [1.29, 1.82) is 0 Å². The van der Waals surface area contributed by atoms with Gasteiger partial charge in [0.2, 0.25) is 0 Å².